The highest BCUT2D eigenvalue weighted by molar-refractivity contribution is 5.86. The molecule has 0 bridgehead atoms. The molecule has 3 aromatic carbocycles. The Balaban J connectivity index is 2.08. The van der Waals surface area contributed by atoms with Crippen molar-refractivity contribution >= 4 is 10.8 Å². The van der Waals surface area contributed by atoms with Gasteiger partial charge in [-0.1, -0.05) is 87.0 Å². The van der Waals surface area contributed by atoms with Crippen LogP contribution in [0.2, 0.25) is 0 Å². The number of rotatable bonds is 5. The van der Waals surface area contributed by atoms with E-state index < -0.39 is 0 Å². The highest BCUT2D eigenvalue weighted by Crippen LogP contribution is 2.33. The molecule has 0 aliphatic carbocycles. The molecule has 0 aliphatic heterocycles. The highest BCUT2D eigenvalue weighted by atomic mass is 14.2. The molecule has 0 aromatic heterocycles. The summed E-state index contributed by atoms with van der Waals surface area (Å²) in [4.78, 5) is 0. The second-order valence-corrected chi connectivity index (χ2v) is 6.02. The van der Waals surface area contributed by atoms with Crippen LogP contribution in [0.5, 0.6) is 0 Å². The van der Waals surface area contributed by atoms with E-state index in [0.29, 0.717) is 5.92 Å². The fourth-order valence-electron chi connectivity index (χ4n) is 3.44. The third kappa shape index (κ3) is 2.92. The fourth-order valence-corrected chi connectivity index (χ4v) is 3.44. The van der Waals surface area contributed by atoms with Crippen LogP contribution in [-0.2, 0) is 6.42 Å². The van der Waals surface area contributed by atoms with Gasteiger partial charge in [-0.2, -0.15) is 0 Å². The molecule has 0 saturated heterocycles. The van der Waals surface area contributed by atoms with Crippen molar-refractivity contribution in [3.63, 3.8) is 0 Å². The van der Waals surface area contributed by atoms with Gasteiger partial charge in [0.2, 0.25) is 0 Å². The first-order chi connectivity index (χ1) is 10.8. The van der Waals surface area contributed by atoms with Crippen molar-refractivity contribution in [3.8, 4) is 0 Å². The molecule has 3 rings (SSSR count). The van der Waals surface area contributed by atoms with Crippen molar-refractivity contribution in [2.75, 3.05) is 0 Å². The summed E-state index contributed by atoms with van der Waals surface area (Å²) < 4.78 is 0. The summed E-state index contributed by atoms with van der Waals surface area (Å²) in [5, 5.41) is 2.72. The zero-order valence-corrected chi connectivity index (χ0v) is 13.5. The van der Waals surface area contributed by atoms with Gasteiger partial charge in [-0.15, -0.1) is 0 Å². The third-order valence-corrected chi connectivity index (χ3v) is 4.50. The third-order valence-electron chi connectivity index (χ3n) is 4.50. The summed E-state index contributed by atoms with van der Waals surface area (Å²) >= 11 is 0. The Kier molecular flexibility index (Phi) is 4.58. The number of hydrogen-bond acceptors (Lipinski definition) is 0. The van der Waals surface area contributed by atoms with E-state index in [4.69, 9.17) is 0 Å². The number of aryl methyl sites for hydroxylation is 1. The van der Waals surface area contributed by atoms with Gasteiger partial charge in [0.05, 0.1) is 0 Å². The molecule has 0 N–H and O–H groups in total. The van der Waals surface area contributed by atoms with Crippen molar-refractivity contribution in [1.82, 2.24) is 0 Å². The summed E-state index contributed by atoms with van der Waals surface area (Å²) in [6.07, 6.45) is 3.50. The van der Waals surface area contributed by atoms with Crippen LogP contribution in [-0.4, -0.2) is 0 Å². The van der Waals surface area contributed by atoms with Crippen LogP contribution in [0.1, 0.15) is 49.3 Å². The molecule has 0 radical (unpaired) electrons. The first kappa shape index (κ1) is 14.8. The summed E-state index contributed by atoms with van der Waals surface area (Å²) in [5.41, 5.74) is 4.36. The van der Waals surface area contributed by atoms with Gasteiger partial charge in [0.1, 0.15) is 0 Å². The monoisotopic (exact) mass is 288 g/mol. The molecule has 0 heteroatoms. The van der Waals surface area contributed by atoms with E-state index in [1.165, 1.54) is 40.3 Å². The lowest BCUT2D eigenvalue weighted by Gasteiger charge is -2.19. The van der Waals surface area contributed by atoms with Crippen molar-refractivity contribution in [2.45, 2.75) is 39.0 Å². The molecule has 112 valence electrons. The van der Waals surface area contributed by atoms with Gasteiger partial charge in [-0.25, -0.2) is 0 Å². The van der Waals surface area contributed by atoms with Crippen LogP contribution >= 0.6 is 0 Å². The Morgan fingerprint density at radius 1 is 0.818 bits per heavy atom. The SMILES string of the molecule is CCCc1cccc(C(CC)c2cccc3ccccc23)c1. The first-order valence-corrected chi connectivity index (χ1v) is 8.40. The van der Waals surface area contributed by atoms with Gasteiger partial charge in [0, 0.05) is 5.92 Å². The summed E-state index contributed by atoms with van der Waals surface area (Å²) in [5.74, 6) is 0.475. The lowest BCUT2D eigenvalue weighted by molar-refractivity contribution is 0.780. The van der Waals surface area contributed by atoms with E-state index in [-0.39, 0.29) is 0 Å². The lowest BCUT2D eigenvalue weighted by atomic mass is 9.85. The highest BCUT2D eigenvalue weighted by Gasteiger charge is 2.15. The Morgan fingerprint density at radius 3 is 2.41 bits per heavy atom. The molecule has 0 heterocycles. The van der Waals surface area contributed by atoms with E-state index >= 15 is 0 Å². The fraction of sp³-hybridized carbons (Fsp3) is 0.273. The number of hydrogen-bond donors (Lipinski definition) is 0. The molecule has 0 spiro atoms. The van der Waals surface area contributed by atoms with Crippen LogP contribution in [0.15, 0.2) is 66.7 Å². The van der Waals surface area contributed by atoms with E-state index in [9.17, 15) is 0 Å². The zero-order valence-electron chi connectivity index (χ0n) is 13.5. The normalized spacial score (nSPS) is 12.5. The minimum atomic E-state index is 0.475. The average Bonchev–Trinajstić information content (AvgIpc) is 2.56. The molecule has 0 fully saturated rings. The number of benzene rings is 3. The quantitative estimate of drug-likeness (QED) is 0.514. The van der Waals surface area contributed by atoms with Gasteiger partial charge >= 0.3 is 0 Å². The maximum absolute atomic E-state index is 2.40. The second kappa shape index (κ2) is 6.79. The van der Waals surface area contributed by atoms with Crippen LogP contribution in [0.4, 0.5) is 0 Å². The predicted molar refractivity (Wildman–Crippen MR) is 96.5 cm³/mol. The number of fused-ring (bicyclic) bond motifs is 1. The van der Waals surface area contributed by atoms with Gasteiger partial charge in [0.15, 0.2) is 0 Å². The van der Waals surface area contributed by atoms with Gasteiger partial charge in [0.25, 0.3) is 0 Å². The Hall–Kier alpha value is -2.08. The van der Waals surface area contributed by atoms with E-state index in [1.54, 1.807) is 0 Å². The Bertz CT molecular complexity index is 749. The molecule has 22 heavy (non-hydrogen) atoms. The van der Waals surface area contributed by atoms with Crippen LogP contribution < -0.4 is 0 Å². The first-order valence-electron chi connectivity index (χ1n) is 8.40. The van der Waals surface area contributed by atoms with Crippen molar-refractivity contribution in [3.05, 3.63) is 83.4 Å². The van der Waals surface area contributed by atoms with Gasteiger partial charge in [-0.05, 0) is 40.3 Å². The zero-order chi connectivity index (χ0) is 15.4. The van der Waals surface area contributed by atoms with Crippen molar-refractivity contribution in [1.29, 1.82) is 0 Å². The maximum atomic E-state index is 2.40. The average molecular weight is 288 g/mol. The smallest absolute Gasteiger partial charge is 0.00929 e. The topological polar surface area (TPSA) is 0 Å². The summed E-state index contributed by atoms with van der Waals surface area (Å²) in [7, 11) is 0. The van der Waals surface area contributed by atoms with Crippen LogP contribution in [0.25, 0.3) is 10.8 Å². The lowest BCUT2D eigenvalue weighted by Crippen LogP contribution is -2.01. The Labute approximate surface area is 133 Å². The van der Waals surface area contributed by atoms with E-state index in [0.717, 1.165) is 6.42 Å². The molecular formula is C22H24. The molecule has 0 amide bonds. The predicted octanol–water partition coefficient (Wildman–Crippen LogP) is 6.33. The Morgan fingerprint density at radius 2 is 1.59 bits per heavy atom. The van der Waals surface area contributed by atoms with Crippen LogP contribution in [0.3, 0.4) is 0 Å². The summed E-state index contributed by atoms with van der Waals surface area (Å²) in [6.45, 7) is 4.54. The van der Waals surface area contributed by atoms with E-state index in [1.807, 2.05) is 0 Å². The van der Waals surface area contributed by atoms with Crippen LogP contribution in [0, 0.1) is 0 Å². The minimum Gasteiger partial charge on any atom is -0.0651 e. The molecule has 0 nitrogen and oxygen atoms in total. The van der Waals surface area contributed by atoms with E-state index in [2.05, 4.69) is 80.6 Å². The van der Waals surface area contributed by atoms with Gasteiger partial charge < -0.3 is 0 Å². The second-order valence-electron chi connectivity index (χ2n) is 6.02. The largest absolute Gasteiger partial charge is 0.0651 e. The minimum absolute atomic E-state index is 0.475. The standard InChI is InChI=1S/C22H24/c1-3-9-17-10-7-13-19(16-17)20(4-2)22-15-8-12-18-11-5-6-14-21(18)22/h5-8,10-16,20H,3-4,9H2,1-2H3. The molecule has 1 unspecified atom stereocenters. The molecular weight excluding hydrogens is 264 g/mol. The summed E-state index contributed by atoms with van der Waals surface area (Å²) in [6, 6.07) is 24.6. The molecule has 0 aliphatic rings. The van der Waals surface area contributed by atoms with Gasteiger partial charge in [-0.3, -0.25) is 0 Å². The molecule has 0 saturated carbocycles. The maximum Gasteiger partial charge on any atom is 0.00929 e. The molecule has 3 aromatic rings. The van der Waals surface area contributed by atoms with Crippen molar-refractivity contribution in [2.24, 2.45) is 0 Å². The molecule has 1 atom stereocenters. The van der Waals surface area contributed by atoms with Crippen molar-refractivity contribution < 1.29 is 0 Å².